The largest absolute Gasteiger partial charge is 0.379 e. The molecule has 1 atom stereocenters. The van der Waals surface area contributed by atoms with Crippen LogP contribution in [0.2, 0.25) is 0 Å². The van der Waals surface area contributed by atoms with Crippen LogP contribution in [0.4, 0.5) is 0 Å². The SMILES string of the molecule is CCCC(CC)COCCOP(C)(C)=O. The van der Waals surface area contributed by atoms with Crippen LogP contribution in [0, 0.1) is 5.92 Å². The summed E-state index contributed by atoms with van der Waals surface area (Å²) in [6.07, 6.45) is 3.59. The zero-order chi connectivity index (χ0) is 11.7. The molecule has 0 spiro atoms. The van der Waals surface area contributed by atoms with Crippen molar-refractivity contribution in [3.63, 3.8) is 0 Å². The number of hydrogen-bond acceptors (Lipinski definition) is 3. The molecule has 15 heavy (non-hydrogen) atoms. The van der Waals surface area contributed by atoms with Crippen LogP contribution < -0.4 is 0 Å². The van der Waals surface area contributed by atoms with Gasteiger partial charge in [0.25, 0.3) is 0 Å². The van der Waals surface area contributed by atoms with Crippen molar-refractivity contribution in [3.8, 4) is 0 Å². The predicted molar refractivity (Wildman–Crippen MR) is 64.9 cm³/mol. The van der Waals surface area contributed by atoms with Crippen molar-refractivity contribution in [3.05, 3.63) is 0 Å². The Morgan fingerprint density at radius 1 is 1.20 bits per heavy atom. The van der Waals surface area contributed by atoms with Crippen molar-refractivity contribution >= 4 is 7.37 Å². The molecule has 0 aromatic heterocycles. The van der Waals surface area contributed by atoms with Crippen LogP contribution in [0.1, 0.15) is 33.1 Å². The Labute approximate surface area is 94.0 Å². The second-order valence-corrected chi connectivity index (χ2v) is 6.99. The average Bonchev–Trinajstić information content (AvgIpc) is 2.14. The van der Waals surface area contributed by atoms with Crippen molar-refractivity contribution in [2.75, 3.05) is 33.2 Å². The zero-order valence-corrected chi connectivity index (χ0v) is 11.4. The number of hydrogen-bond donors (Lipinski definition) is 0. The van der Waals surface area contributed by atoms with E-state index in [4.69, 9.17) is 9.26 Å². The van der Waals surface area contributed by atoms with E-state index in [0.717, 1.165) is 13.0 Å². The van der Waals surface area contributed by atoms with Crippen LogP contribution in [0.25, 0.3) is 0 Å². The van der Waals surface area contributed by atoms with Crippen LogP contribution in [-0.4, -0.2) is 33.2 Å². The molecule has 0 aromatic carbocycles. The maximum Gasteiger partial charge on any atom is 0.197 e. The summed E-state index contributed by atoms with van der Waals surface area (Å²) in [5.74, 6) is 0.657. The Bertz CT molecular complexity index is 188. The lowest BCUT2D eigenvalue weighted by Crippen LogP contribution is -2.11. The molecule has 0 aromatic rings. The summed E-state index contributed by atoms with van der Waals surface area (Å²) in [6.45, 7) is 9.41. The van der Waals surface area contributed by atoms with Crippen molar-refractivity contribution < 1.29 is 13.8 Å². The Morgan fingerprint density at radius 2 is 1.87 bits per heavy atom. The second kappa shape index (κ2) is 8.32. The minimum Gasteiger partial charge on any atom is -0.379 e. The zero-order valence-electron chi connectivity index (χ0n) is 10.5. The van der Waals surface area contributed by atoms with E-state index in [0.29, 0.717) is 19.1 Å². The minimum absolute atomic E-state index is 0.437. The van der Waals surface area contributed by atoms with Gasteiger partial charge in [0.2, 0.25) is 0 Å². The Hall–Kier alpha value is 0.150. The third-order valence-corrected chi connectivity index (χ3v) is 3.06. The first-order chi connectivity index (χ1) is 6.99. The maximum atomic E-state index is 11.2. The van der Waals surface area contributed by atoms with Crippen LogP contribution in [-0.2, 0) is 13.8 Å². The fourth-order valence-corrected chi connectivity index (χ4v) is 1.89. The molecular weight excluding hydrogens is 211 g/mol. The fourth-order valence-electron chi connectivity index (χ4n) is 1.38. The number of rotatable bonds is 9. The summed E-state index contributed by atoms with van der Waals surface area (Å²) < 4.78 is 21.8. The van der Waals surface area contributed by atoms with Crippen LogP contribution in [0.5, 0.6) is 0 Å². The third-order valence-electron chi connectivity index (χ3n) is 2.26. The lowest BCUT2D eigenvalue weighted by Gasteiger charge is -2.14. The maximum absolute atomic E-state index is 11.2. The van der Waals surface area contributed by atoms with Crippen molar-refractivity contribution in [1.82, 2.24) is 0 Å². The standard InChI is InChI=1S/C11H25O3P/c1-5-7-11(6-2)10-13-8-9-14-15(3,4)12/h11H,5-10H2,1-4H3. The first kappa shape index (κ1) is 15.2. The number of ether oxygens (including phenoxy) is 1. The highest BCUT2D eigenvalue weighted by Crippen LogP contribution is 2.36. The van der Waals surface area contributed by atoms with Gasteiger partial charge < -0.3 is 9.26 Å². The van der Waals surface area contributed by atoms with Crippen LogP contribution in [0.15, 0.2) is 0 Å². The monoisotopic (exact) mass is 236 g/mol. The van der Waals surface area contributed by atoms with Gasteiger partial charge in [-0.15, -0.1) is 0 Å². The molecule has 0 fully saturated rings. The summed E-state index contributed by atoms with van der Waals surface area (Å²) >= 11 is 0. The predicted octanol–water partition coefficient (Wildman–Crippen LogP) is 3.38. The van der Waals surface area contributed by atoms with Gasteiger partial charge in [-0.25, -0.2) is 0 Å². The molecule has 0 aliphatic carbocycles. The Balaban J connectivity index is 3.40. The molecule has 0 rings (SSSR count). The topological polar surface area (TPSA) is 35.5 Å². The quantitative estimate of drug-likeness (QED) is 0.454. The van der Waals surface area contributed by atoms with E-state index in [2.05, 4.69) is 13.8 Å². The molecule has 0 aliphatic heterocycles. The van der Waals surface area contributed by atoms with E-state index < -0.39 is 7.37 Å². The first-order valence-corrected chi connectivity index (χ1v) is 8.28. The molecule has 0 radical (unpaired) electrons. The van der Waals surface area contributed by atoms with Gasteiger partial charge in [-0.2, -0.15) is 0 Å². The normalized spacial score (nSPS) is 14.1. The third kappa shape index (κ3) is 10.4. The van der Waals surface area contributed by atoms with Crippen molar-refractivity contribution in [1.29, 1.82) is 0 Å². The van der Waals surface area contributed by atoms with Gasteiger partial charge in [-0.3, -0.25) is 4.57 Å². The van der Waals surface area contributed by atoms with E-state index in [1.54, 1.807) is 13.3 Å². The fraction of sp³-hybridized carbons (Fsp3) is 1.00. The Kier molecular flexibility index (Phi) is 8.40. The van der Waals surface area contributed by atoms with E-state index >= 15 is 0 Å². The molecule has 3 nitrogen and oxygen atoms in total. The van der Waals surface area contributed by atoms with Gasteiger partial charge in [0.05, 0.1) is 13.2 Å². The molecule has 0 N–H and O–H groups in total. The van der Waals surface area contributed by atoms with E-state index in [9.17, 15) is 4.57 Å². The highest BCUT2D eigenvalue weighted by molar-refractivity contribution is 7.57. The summed E-state index contributed by atoms with van der Waals surface area (Å²) in [5.41, 5.74) is 0. The van der Waals surface area contributed by atoms with Gasteiger partial charge in [0.15, 0.2) is 7.37 Å². The molecule has 0 heterocycles. The average molecular weight is 236 g/mol. The molecule has 0 amide bonds. The minimum atomic E-state index is -2.33. The molecule has 4 heteroatoms. The molecule has 0 aliphatic rings. The summed E-state index contributed by atoms with van der Waals surface area (Å²) in [4.78, 5) is 0. The summed E-state index contributed by atoms with van der Waals surface area (Å²) in [5, 5.41) is 0. The lowest BCUT2D eigenvalue weighted by molar-refractivity contribution is 0.0714. The van der Waals surface area contributed by atoms with Crippen LogP contribution >= 0.6 is 7.37 Å². The van der Waals surface area contributed by atoms with Gasteiger partial charge in [-0.05, 0) is 12.3 Å². The molecule has 92 valence electrons. The highest BCUT2D eigenvalue weighted by Gasteiger charge is 2.07. The Morgan fingerprint density at radius 3 is 2.33 bits per heavy atom. The summed E-state index contributed by atoms with van der Waals surface area (Å²) in [7, 11) is -2.33. The second-order valence-electron chi connectivity index (χ2n) is 4.22. The van der Waals surface area contributed by atoms with Gasteiger partial charge >= 0.3 is 0 Å². The first-order valence-electron chi connectivity index (χ1n) is 5.76. The molecule has 1 unspecified atom stereocenters. The molecule has 0 saturated heterocycles. The smallest absolute Gasteiger partial charge is 0.197 e. The van der Waals surface area contributed by atoms with Gasteiger partial charge in [0.1, 0.15) is 0 Å². The van der Waals surface area contributed by atoms with E-state index in [1.807, 2.05) is 0 Å². The molecular formula is C11H25O3P. The van der Waals surface area contributed by atoms with Crippen molar-refractivity contribution in [2.24, 2.45) is 5.92 Å². The van der Waals surface area contributed by atoms with Gasteiger partial charge in [0, 0.05) is 19.9 Å². The van der Waals surface area contributed by atoms with Crippen LogP contribution in [0.3, 0.4) is 0 Å². The summed E-state index contributed by atoms with van der Waals surface area (Å²) in [6, 6.07) is 0. The van der Waals surface area contributed by atoms with E-state index in [1.165, 1.54) is 12.8 Å². The lowest BCUT2D eigenvalue weighted by atomic mass is 10.0. The molecule has 0 saturated carbocycles. The van der Waals surface area contributed by atoms with Gasteiger partial charge in [-0.1, -0.05) is 26.7 Å². The highest BCUT2D eigenvalue weighted by atomic mass is 31.2. The van der Waals surface area contributed by atoms with E-state index in [-0.39, 0.29) is 0 Å². The van der Waals surface area contributed by atoms with Crippen molar-refractivity contribution in [2.45, 2.75) is 33.1 Å². The molecule has 0 bridgehead atoms.